The normalized spacial score (nSPS) is 19.4. The molecule has 1 saturated carbocycles. The van der Waals surface area contributed by atoms with E-state index in [2.05, 4.69) is 37.4 Å². The van der Waals surface area contributed by atoms with Crippen molar-refractivity contribution >= 4 is 11.5 Å². The number of methoxy groups -OCH3 is 1. The number of aryl methyl sites for hydroxylation is 2. The van der Waals surface area contributed by atoms with Gasteiger partial charge in [-0.2, -0.15) is 0 Å². The van der Waals surface area contributed by atoms with Crippen LogP contribution in [0.15, 0.2) is 24.3 Å². The van der Waals surface area contributed by atoms with Gasteiger partial charge in [0, 0.05) is 32.1 Å². The molecular weight excluding hydrogens is 540 g/mol. The van der Waals surface area contributed by atoms with Crippen molar-refractivity contribution < 1.29 is 24.5 Å². The molecule has 3 rings (SSSR count). The first-order valence-corrected chi connectivity index (χ1v) is 17.0. The molecule has 7 nitrogen and oxygen atoms in total. The molecule has 0 aromatic heterocycles. The van der Waals surface area contributed by atoms with Gasteiger partial charge in [0.1, 0.15) is 12.0 Å². The van der Waals surface area contributed by atoms with E-state index in [0.717, 1.165) is 50.0 Å². The summed E-state index contributed by atoms with van der Waals surface area (Å²) in [7, 11) is 1.69. The van der Waals surface area contributed by atoms with Crippen molar-refractivity contribution in [2.45, 2.75) is 123 Å². The van der Waals surface area contributed by atoms with Crippen molar-refractivity contribution in [2.24, 2.45) is 35.3 Å². The number of benzene rings is 1. The summed E-state index contributed by atoms with van der Waals surface area (Å²) >= 11 is 0. The third-order valence-corrected chi connectivity index (χ3v) is 9.65. The Balaban J connectivity index is 1.58. The first-order chi connectivity index (χ1) is 20.6. The second kappa shape index (κ2) is 18.1. The SMILES string of the molecule is COCCCOc1cc2c(cc1NC(O)C[C@@H](CC(N)C(O)C[C@H](C(=O)/C=C/C1CCCCC1)C(C)C)C(C)C)CCC2. The number of fused-ring (bicyclic) bond motifs is 1. The smallest absolute Gasteiger partial charge is 0.158 e. The molecule has 0 radical (unpaired) electrons. The topological polar surface area (TPSA) is 114 Å². The Morgan fingerprint density at radius 2 is 1.67 bits per heavy atom. The Kier molecular flexibility index (Phi) is 15.0. The Bertz CT molecular complexity index is 1000. The maximum atomic E-state index is 13.1. The number of carbonyl (C=O) groups is 1. The third kappa shape index (κ3) is 11.5. The van der Waals surface area contributed by atoms with Crippen LogP contribution in [0.4, 0.5) is 5.69 Å². The molecule has 5 N–H and O–H groups in total. The number of aliphatic hydroxyl groups is 2. The van der Waals surface area contributed by atoms with Gasteiger partial charge in [0.25, 0.3) is 0 Å². The molecule has 1 aromatic carbocycles. The molecule has 244 valence electrons. The fourth-order valence-electron chi connectivity index (χ4n) is 6.72. The van der Waals surface area contributed by atoms with Crippen LogP contribution in [0.1, 0.15) is 103 Å². The zero-order valence-electron chi connectivity index (χ0n) is 27.5. The number of carbonyl (C=O) groups excluding carboxylic acids is 1. The number of ketones is 1. The first kappa shape index (κ1) is 35.5. The molecule has 5 atom stereocenters. The molecular formula is C36H60N2O5. The minimum atomic E-state index is -0.785. The Morgan fingerprint density at radius 3 is 2.33 bits per heavy atom. The predicted molar refractivity (Wildman–Crippen MR) is 175 cm³/mol. The molecule has 0 bridgehead atoms. The number of anilines is 1. The molecule has 43 heavy (non-hydrogen) atoms. The molecule has 0 heterocycles. The van der Waals surface area contributed by atoms with Crippen molar-refractivity contribution in [1.29, 1.82) is 0 Å². The summed E-state index contributed by atoms with van der Waals surface area (Å²) in [5, 5.41) is 25.6. The molecule has 0 amide bonds. The highest BCUT2D eigenvalue weighted by molar-refractivity contribution is 5.91. The summed E-state index contributed by atoms with van der Waals surface area (Å²) in [6, 6.07) is 3.77. The van der Waals surface area contributed by atoms with Crippen molar-refractivity contribution in [1.82, 2.24) is 0 Å². The molecule has 2 aliphatic rings. The van der Waals surface area contributed by atoms with E-state index in [1.807, 2.05) is 13.8 Å². The predicted octanol–water partition coefficient (Wildman–Crippen LogP) is 6.43. The minimum Gasteiger partial charge on any atom is -0.491 e. The molecule has 7 heteroatoms. The first-order valence-electron chi connectivity index (χ1n) is 17.0. The summed E-state index contributed by atoms with van der Waals surface area (Å²) in [6.45, 7) is 9.54. The summed E-state index contributed by atoms with van der Waals surface area (Å²) < 4.78 is 11.3. The van der Waals surface area contributed by atoms with Gasteiger partial charge >= 0.3 is 0 Å². The highest BCUT2D eigenvalue weighted by Gasteiger charge is 2.30. The lowest BCUT2D eigenvalue weighted by Crippen LogP contribution is -2.41. The maximum Gasteiger partial charge on any atom is 0.158 e. The fourth-order valence-corrected chi connectivity index (χ4v) is 6.72. The average Bonchev–Trinajstić information content (AvgIpc) is 3.43. The third-order valence-electron chi connectivity index (χ3n) is 9.65. The fraction of sp³-hybridized carbons (Fsp3) is 0.750. The summed E-state index contributed by atoms with van der Waals surface area (Å²) in [6.07, 6.45) is 13.9. The van der Waals surface area contributed by atoms with Gasteiger partial charge in [0.05, 0.1) is 18.4 Å². The van der Waals surface area contributed by atoms with Crippen molar-refractivity contribution in [3.63, 3.8) is 0 Å². The molecule has 0 spiro atoms. The minimum absolute atomic E-state index is 0.0899. The van der Waals surface area contributed by atoms with Crippen LogP contribution < -0.4 is 15.8 Å². The van der Waals surface area contributed by atoms with Crippen LogP contribution in [0.3, 0.4) is 0 Å². The molecule has 3 unspecified atom stereocenters. The monoisotopic (exact) mass is 600 g/mol. The van der Waals surface area contributed by atoms with Gasteiger partial charge in [-0.1, -0.05) is 53.0 Å². The highest BCUT2D eigenvalue weighted by atomic mass is 16.5. The van der Waals surface area contributed by atoms with E-state index in [-0.39, 0.29) is 29.5 Å². The lowest BCUT2D eigenvalue weighted by atomic mass is 9.80. The summed E-state index contributed by atoms with van der Waals surface area (Å²) in [5.41, 5.74) is 10.0. The van der Waals surface area contributed by atoms with E-state index in [1.165, 1.54) is 30.4 Å². The number of nitrogens with one attached hydrogen (secondary N) is 1. The van der Waals surface area contributed by atoms with Crippen LogP contribution in [0, 0.1) is 29.6 Å². The number of ether oxygens (including phenoxy) is 2. The van der Waals surface area contributed by atoms with Gasteiger partial charge in [-0.05, 0) is 104 Å². The number of hydrogen-bond acceptors (Lipinski definition) is 7. The van der Waals surface area contributed by atoms with Crippen molar-refractivity contribution in [3.8, 4) is 5.75 Å². The van der Waals surface area contributed by atoms with Crippen LogP contribution in [0.2, 0.25) is 0 Å². The van der Waals surface area contributed by atoms with E-state index in [0.29, 0.717) is 38.4 Å². The second-order valence-corrected chi connectivity index (χ2v) is 13.8. The summed E-state index contributed by atoms with van der Waals surface area (Å²) in [5.74, 6) is 1.59. The quantitative estimate of drug-likeness (QED) is 0.0822. The van der Waals surface area contributed by atoms with Gasteiger partial charge in [0.2, 0.25) is 0 Å². The molecule has 0 saturated heterocycles. The number of nitrogens with two attached hydrogens (primary N) is 1. The Morgan fingerprint density at radius 1 is 0.977 bits per heavy atom. The van der Waals surface area contributed by atoms with Crippen LogP contribution in [-0.4, -0.2) is 54.7 Å². The molecule has 1 fully saturated rings. The van der Waals surface area contributed by atoms with Gasteiger partial charge < -0.3 is 30.7 Å². The standard InChI is InChI=1S/C36H60N2O5/c1-24(2)29(19-31(37)34(40)23-30(25(3)4)33(39)16-15-26-11-7-6-8-12-26)22-36(41)38-32-20-27-13-9-14-28(27)21-35(32)43-18-10-17-42-5/h15-16,20-21,24-26,29-31,34,36,38,40-41H,6-14,17-19,22-23,37H2,1-5H3/b16-15+/t29-,30+,31?,34?,36?/m1/s1. The van der Waals surface area contributed by atoms with E-state index in [9.17, 15) is 15.0 Å². The van der Waals surface area contributed by atoms with Crippen LogP contribution >= 0.6 is 0 Å². The number of rotatable bonds is 19. The average molecular weight is 601 g/mol. The van der Waals surface area contributed by atoms with Crippen LogP contribution in [0.25, 0.3) is 0 Å². The van der Waals surface area contributed by atoms with Gasteiger partial charge in [-0.15, -0.1) is 0 Å². The number of hydrogen-bond donors (Lipinski definition) is 4. The largest absolute Gasteiger partial charge is 0.491 e. The zero-order valence-corrected chi connectivity index (χ0v) is 27.5. The number of allylic oxidation sites excluding steroid dienone is 2. The molecule has 2 aliphatic carbocycles. The number of aliphatic hydroxyl groups excluding tert-OH is 2. The van der Waals surface area contributed by atoms with E-state index >= 15 is 0 Å². The zero-order chi connectivity index (χ0) is 31.4. The highest BCUT2D eigenvalue weighted by Crippen LogP contribution is 2.35. The van der Waals surface area contributed by atoms with Crippen molar-refractivity contribution in [2.75, 3.05) is 25.6 Å². The summed E-state index contributed by atoms with van der Waals surface area (Å²) in [4.78, 5) is 13.1. The maximum absolute atomic E-state index is 13.1. The lowest BCUT2D eigenvalue weighted by Gasteiger charge is -2.31. The van der Waals surface area contributed by atoms with E-state index < -0.39 is 18.4 Å². The second-order valence-electron chi connectivity index (χ2n) is 13.8. The van der Waals surface area contributed by atoms with Gasteiger partial charge in [-0.3, -0.25) is 4.79 Å². The van der Waals surface area contributed by atoms with E-state index in [4.69, 9.17) is 15.2 Å². The van der Waals surface area contributed by atoms with Gasteiger partial charge in [0.15, 0.2) is 5.78 Å². The molecule has 1 aromatic rings. The Hall–Kier alpha value is -1.93. The lowest BCUT2D eigenvalue weighted by molar-refractivity contribution is -0.120. The molecule has 0 aliphatic heterocycles. The van der Waals surface area contributed by atoms with Crippen molar-refractivity contribution in [3.05, 3.63) is 35.4 Å². The van der Waals surface area contributed by atoms with Crippen LogP contribution in [-0.2, 0) is 22.4 Å². The van der Waals surface area contributed by atoms with Crippen LogP contribution in [0.5, 0.6) is 5.75 Å². The van der Waals surface area contributed by atoms with Gasteiger partial charge in [-0.25, -0.2) is 0 Å². The van der Waals surface area contributed by atoms with E-state index in [1.54, 1.807) is 13.2 Å². The Labute approximate surface area is 261 Å².